The van der Waals surface area contributed by atoms with E-state index in [1.165, 1.54) is 23.1 Å². The Morgan fingerprint density at radius 2 is 2.00 bits per heavy atom. The molecular formula is C15H21ClF2N2O. The van der Waals surface area contributed by atoms with Crippen molar-refractivity contribution in [2.24, 2.45) is 0 Å². The molecule has 2 rings (SSSR count). The summed E-state index contributed by atoms with van der Waals surface area (Å²) < 4.78 is 27.3. The molecule has 1 unspecified atom stereocenters. The van der Waals surface area contributed by atoms with Crippen molar-refractivity contribution in [1.82, 2.24) is 10.2 Å². The van der Waals surface area contributed by atoms with Crippen molar-refractivity contribution < 1.29 is 13.6 Å². The summed E-state index contributed by atoms with van der Waals surface area (Å²) in [6.07, 6.45) is 2.86. The summed E-state index contributed by atoms with van der Waals surface area (Å²) in [4.78, 5) is 13.9. The summed E-state index contributed by atoms with van der Waals surface area (Å²) in [5.74, 6) is -1.28. The molecule has 3 nitrogen and oxygen atoms in total. The van der Waals surface area contributed by atoms with Crippen LogP contribution in [-0.2, 0) is 11.3 Å². The SMILES string of the molecule is CCN(Cc1c(F)cccc1F)C(=O)C1CCCCN1.Cl. The average Bonchev–Trinajstić information content (AvgIpc) is 2.47. The number of carbonyl (C=O) groups is 1. The monoisotopic (exact) mass is 318 g/mol. The first kappa shape index (κ1) is 17.9. The van der Waals surface area contributed by atoms with Gasteiger partial charge in [-0.25, -0.2) is 8.78 Å². The Bertz CT molecular complexity index is 458. The molecule has 1 fully saturated rings. The lowest BCUT2D eigenvalue weighted by molar-refractivity contribution is -0.134. The number of rotatable bonds is 4. The number of benzene rings is 1. The van der Waals surface area contributed by atoms with Crippen LogP contribution >= 0.6 is 12.4 Å². The van der Waals surface area contributed by atoms with Crippen LogP contribution in [0.15, 0.2) is 18.2 Å². The second-order valence-electron chi connectivity index (χ2n) is 5.06. The fourth-order valence-corrected chi connectivity index (χ4v) is 2.50. The highest BCUT2D eigenvalue weighted by Crippen LogP contribution is 2.17. The number of carbonyl (C=O) groups excluding carboxylic acids is 1. The zero-order valence-corrected chi connectivity index (χ0v) is 12.9. The fourth-order valence-electron chi connectivity index (χ4n) is 2.50. The van der Waals surface area contributed by atoms with E-state index in [9.17, 15) is 13.6 Å². The third-order valence-electron chi connectivity index (χ3n) is 3.71. The molecule has 0 bridgehead atoms. The summed E-state index contributed by atoms with van der Waals surface area (Å²) in [6, 6.07) is 3.54. The van der Waals surface area contributed by atoms with E-state index in [4.69, 9.17) is 0 Å². The van der Waals surface area contributed by atoms with Gasteiger partial charge >= 0.3 is 0 Å². The zero-order valence-electron chi connectivity index (χ0n) is 12.1. The molecule has 1 heterocycles. The number of halogens is 3. The van der Waals surface area contributed by atoms with Crippen LogP contribution in [0.1, 0.15) is 31.7 Å². The molecule has 0 saturated carbocycles. The maximum Gasteiger partial charge on any atom is 0.239 e. The molecule has 0 aliphatic carbocycles. The minimum atomic E-state index is -0.604. The third kappa shape index (κ3) is 4.38. The Labute approximate surface area is 130 Å². The number of hydrogen-bond acceptors (Lipinski definition) is 2. The van der Waals surface area contributed by atoms with E-state index in [0.29, 0.717) is 6.54 Å². The molecule has 118 valence electrons. The van der Waals surface area contributed by atoms with Gasteiger partial charge in [-0.1, -0.05) is 12.5 Å². The van der Waals surface area contributed by atoms with Crippen LogP contribution in [0.4, 0.5) is 8.78 Å². The fraction of sp³-hybridized carbons (Fsp3) is 0.533. The molecule has 1 aliphatic rings. The highest BCUT2D eigenvalue weighted by molar-refractivity contribution is 5.85. The van der Waals surface area contributed by atoms with Crippen LogP contribution in [0.5, 0.6) is 0 Å². The van der Waals surface area contributed by atoms with Crippen molar-refractivity contribution in [1.29, 1.82) is 0 Å². The Morgan fingerprint density at radius 3 is 2.52 bits per heavy atom. The summed E-state index contributed by atoms with van der Waals surface area (Å²) in [5.41, 5.74) is -0.0430. The van der Waals surface area contributed by atoms with E-state index in [-0.39, 0.29) is 36.5 Å². The Hall–Kier alpha value is -1.20. The second-order valence-corrected chi connectivity index (χ2v) is 5.06. The number of piperidine rings is 1. The van der Waals surface area contributed by atoms with Crippen molar-refractivity contribution >= 4 is 18.3 Å². The molecule has 1 N–H and O–H groups in total. The number of nitrogens with one attached hydrogen (secondary N) is 1. The maximum atomic E-state index is 13.7. The number of nitrogens with zero attached hydrogens (tertiary/aromatic N) is 1. The molecule has 21 heavy (non-hydrogen) atoms. The van der Waals surface area contributed by atoms with Crippen molar-refractivity contribution in [3.8, 4) is 0 Å². The minimum Gasteiger partial charge on any atom is -0.337 e. The van der Waals surface area contributed by atoms with Crippen LogP contribution in [0.3, 0.4) is 0 Å². The molecular weight excluding hydrogens is 298 g/mol. The van der Waals surface area contributed by atoms with Gasteiger partial charge in [-0.05, 0) is 38.4 Å². The molecule has 1 amide bonds. The number of amides is 1. The topological polar surface area (TPSA) is 32.3 Å². The van der Waals surface area contributed by atoms with Gasteiger partial charge in [0.1, 0.15) is 11.6 Å². The molecule has 0 aromatic heterocycles. The Kier molecular flexibility index (Phi) is 7.05. The van der Waals surface area contributed by atoms with E-state index in [1.54, 1.807) is 0 Å². The quantitative estimate of drug-likeness (QED) is 0.926. The molecule has 6 heteroatoms. The molecule has 1 aromatic rings. The van der Waals surface area contributed by atoms with Gasteiger partial charge in [0.05, 0.1) is 12.6 Å². The molecule has 1 aliphatic heterocycles. The maximum absolute atomic E-state index is 13.7. The lowest BCUT2D eigenvalue weighted by Crippen LogP contribution is -2.48. The van der Waals surface area contributed by atoms with E-state index >= 15 is 0 Å². The number of likely N-dealkylation sites (N-methyl/N-ethyl adjacent to an activating group) is 1. The van der Waals surface area contributed by atoms with Gasteiger partial charge in [0, 0.05) is 12.1 Å². The molecule has 1 aromatic carbocycles. The summed E-state index contributed by atoms with van der Waals surface area (Å²) in [7, 11) is 0. The number of hydrogen-bond donors (Lipinski definition) is 1. The predicted octanol–water partition coefficient (Wildman–Crippen LogP) is 2.88. The molecule has 1 atom stereocenters. The van der Waals surface area contributed by atoms with E-state index in [2.05, 4.69) is 5.32 Å². The van der Waals surface area contributed by atoms with Crippen molar-refractivity contribution in [2.45, 2.75) is 38.8 Å². The van der Waals surface area contributed by atoms with Gasteiger partial charge in [0.15, 0.2) is 0 Å². The van der Waals surface area contributed by atoms with Crippen LogP contribution in [0, 0.1) is 11.6 Å². The van der Waals surface area contributed by atoms with Crippen LogP contribution in [0.25, 0.3) is 0 Å². The molecule has 1 saturated heterocycles. The third-order valence-corrected chi connectivity index (χ3v) is 3.71. The van der Waals surface area contributed by atoms with Gasteiger partial charge in [-0.2, -0.15) is 0 Å². The van der Waals surface area contributed by atoms with Gasteiger partial charge in [0.25, 0.3) is 0 Å². The van der Waals surface area contributed by atoms with Crippen molar-refractivity contribution in [3.63, 3.8) is 0 Å². The van der Waals surface area contributed by atoms with Crippen LogP contribution in [-0.4, -0.2) is 29.9 Å². The smallest absolute Gasteiger partial charge is 0.239 e. The van der Waals surface area contributed by atoms with Crippen LogP contribution < -0.4 is 5.32 Å². The second kappa shape index (κ2) is 8.29. The van der Waals surface area contributed by atoms with E-state index in [1.807, 2.05) is 6.92 Å². The lowest BCUT2D eigenvalue weighted by atomic mass is 10.0. The zero-order chi connectivity index (χ0) is 14.5. The highest BCUT2D eigenvalue weighted by Gasteiger charge is 2.26. The minimum absolute atomic E-state index is 0. The summed E-state index contributed by atoms with van der Waals surface area (Å²) in [6.45, 7) is 3.05. The highest BCUT2D eigenvalue weighted by atomic mass is 35.5. The van der Waals surface area contributed by atoms with Gasteiger partial charge in [-0.15, -0.1) is 12.4 Å². The normalized spacial score (nSPS) is 18.0. The van der Waals surface area contributed by atoms with Crippen LogP contribution in [0.2, 0.25) is 0 Å². The first-order valence-electron chi connectivity index (χ1n) is 7.08. The van der Waals surface area contributed by atoms with Crippen molar-refractivity contribution in [3.05, 3.63) is 35.4 Å². The van der Waals surface area contributed by atoms with Gasteiger partial charge < -0.3 is 10.2 Å². The summed E-state index contributed by atoms with van der Waals surface area (Å²) >= 11 is 0. The average molecular weight is 319 g/mol. The van der Waals surface area contributed by atoms with Crippen molar-refractivity contribution in [2.75, 3.05) is 13.1 Å². The summed E-state index contributed by atoms with van der Waals surface area (Å²) in [5, 5.41) is 3.17. The van der Waals surface area contributed by atoms with Gasteiger partial charge in [0.2, 0.25) is 5.91 Å². The standard InChI is InChI=1S/C15H20F2N2O.ClH/c1-2-19(15(20)14-8-3-4-9-18-14)10-11-12(16)6-5-7-13(11)17;/h5-7,14,18H,2-4,8-10H2,1H3;1H. The lowest BCUT2D eigenvalue weighted by Gasteiger charge is -2.29. The van der Waals surface area contributed by atoms with E-state index in [0.717, 1.165) is 25.8 Å². The molecule has 0 spiro atoms. The Morgan fingerprint density at radius 1 is 1.33 bits per heavy atom. The Balaban J connectivity index is 0.00000220. The largest absolute Gasteiger partial charge is 0.337 e. The predicted molar refractivity (Wildman–Crippen MR) is 80.3 cm³/mol. The first-order valence-corrected chi connectivity index (χ1v) is 7.08. The van der Waals surface area contributed by atoms with Gasteiger partial charge in [-0.3, -0.25) is 4.79 Å². The van der Waals surface area contributed by atoms with E-state index < -0.39 is 11.6 Å². The molecule has 0 radical (unpaired) electrons. The first-order chi connectivity index (χ1) is 9.63.